The molecule has 4 heteroatoms. The number of carbonyl (C=O) groups is 1. The zero-order chi connectivity index (χ0) is 10.4. The van der Waals surface area contributed by atoms with Crippen molar-refractivity contribution in [1.82, 2.24) is 10.2 Å². The van der Waals surface area contributed by atoms with E-state index in [0.29, 0.717) is 5.76 Å². The number of hydrogen-bond acceptors (Lipinski definition) is 4. The highest BCUT2D eigenvalue weighted by molar-refractivity contribution is 5.70. The number of hydrogen-bond donors (Lipinski definition) is 1. The first-order chi connectivity index (χ1) is 6.76. The lowest BCUT2D eigenvalue weighted by molar-refractivity contribution is 0.109. The summed E-state index contributed by atoms with van der Waals surface area (Å²) in [5.74, 6) is 1.22. The van der Waals surface area contributed by atoms with Crippen molar-refractivity contribution < 1.29 is 9.21 Å². The summed E-state index contributed by atoms with van der Waals surface area (Å²) in [6.07, 6.45) is 0.719. The molecule has 78 valence electrons. The van der Waals surface area contributed by atoms with Crippen LogP contribution in [-0.2, 0) is 6.54 Å². The van der Waals surface area contributed by atoms with Crippen molar-refractivity contribution in [2.75, 3.05) is 27.2 Å². The predicted octanol–water partition coefficient (Wildman–Crippen LogP) is 0.743. The number of likely N-dealkylation sites (N-methyl/N-ethyl adjacent to an activating group) is 2. The first kappa shape index (κ1) is 10.9. The van der Waals surface area contributed by atoms with E-state index in [1.165, 1.54) is 0 Å². The second-order valence-corrected chi connectivity index (χ2v) is 3.26. The second kappa shape index (κ2) is 5.57. The molecule has 0 radical (unpaired) electrons. The number of nitrogens with one attached hydrogen (secondary N) is 1. The van der Waals surface area contributed by atoms with Crippen molar-refractivity contribution in [3.05, 3.63) is 23.7 Å². The van der Waals surface area contributed by atoms with Crippen LogP contribution in [0, 0.1) is 0 Å². The van der Waals surface area contributed by atoms with E-state index in [0.717, 1.165) is 31.7 Å². The van der Waals surface area contributed by atoms with Crippen LogP contribution in [0.2, 0.25) is 0 Å². The quantitative estimate of drug-likeness (QED) is 0.682. The number of furan rings is 1. The summed E-state index contributed by atoms with van der Waals surface area (Å²) in [7, 11) is 3.94. The summed E-state index contributed by atoms with van der Waals surface area (Å²) in [6, 6.07) is 3.52. The molecule has 0 atom stereocenters. The van der Waals surface area contributed by atoms with Gasteiger partial charge < -0.3 is 9.73 Å². The third-order valence-corrected chi connectivity index (χ3v) is 1.97. The average molecular weight is 196 g/mol. The summed E-state index contributed by atoms with van der Waals surface area (Å²) < 4.78 is 5.25. The molecule has 1 N–H and O–H groups in total. The molecule has 0 amide bonds. The van der Waals surface area contributed by atoms with Crippen LogP contribution < -0.4 is 5.32 Å². The van der Waals surface area contributed by atoms with Crippen molar-refractivity contribution in [2.24, 2.45) is 0 Å². The minimum absolute atomic E-state index is 0.391. The van der Waals surface area contributed by atoms with Crippen LogP contribution in [0.1, 0.15) is 16.3 Å². The fourth-order valence-corrected chi connectivity index (χ4v) is 1.19. The highest BCUT2D eigenvalue weighted by Gasteiger charge is 2.04. The summed E-state index contributed by atoms with van der Waals surface area (Å²) >= 11 is 0. The molecule has 0 saturated heterocycles. The van der Waals surface area contributed by atoms with Crippen LogP contribution in [0.25, 0.3) is 0 Å². The maximum absolute atomic E-state index is 10.4. The van der Waals surface area contributed by atoms with Gasteiger partial charge >= 0.3 is 0 Å². The lowest BCUT2D eigenvalue weighted by Crippen LogP contribution is -2.26. The molecule has 0 aromatic carbocycles. The van der Waals surface area contributed by atoms with E-state index in [9.17, 15) is 4.79 Å². The van der Waals surface area contributed by atoms with Gasteiger partial charge in [-0.05, 0) is 26.2 Å². The van der Waals surface area contributed by atoms with E-state index in [4.69, 9.17) is 4.42 Å². The van der Waals surface area contributed by atoms with Gasteiger partial charge in [0.25, 0.3) is 0 Å². The van der Waals surface area contributed by atoms with Crippen molar-refractivity contribution >= 4 is 6.29 Å². The number of carbonyl (C=O) groups excluding carboxylic acids is 1. The SMILES string of the molecule is CNCCN(C)Cc1ccc(C=O)o1. The van der Waals surface area contributed by atoms with E-state index in [2.05, 4.69) is 10.2 Å². The Morgan fingerprint density at radius 3 is 2.93 bits per heavy atom. The summed E-state index contributed by atoms with van der Waals surface area (Å²) in [4.78, 5) is 12.5. The van der Waals surface area contributed by atoms with Crippen molar-refractivity contribution in [1.29, 1.82) is 0 Å². The molecule has 1 heterocycles. The van der Waals surface area contributed by atoms with Gasteiger partial charge in [0.15, 0.2) is 12.0 Å². The molecule has 0 aliphatic carbocycles. The first-order valence-electron chi connectivity index (χ1n) is 4.63. The molecule has 0 aliphatic heterocycles. The third-order valence-electron chi connectivity index (χ3n) is 1.97. The van der Waals surface area contributed by atoms with Crippen LogP contribution in [0.3, 0.4) is 0 Å². The Morgan fingerprint density at radius 1 is 1.57 bits per heavy atom. The molecule has 14 heavy (non-hydrogen) atoms. The van der Waals surface area contributed by atoms with E-state index in [1.54, 1.807) is 6.07 Å². The van der Waals surface area contributed by atoms with E-state index >= 15 is 0 Å². The van der Waals surface area contributed by atoms with Gasteiger partial charge in [0, 0.05) is 13.1 Å². The minimum atomic E-state index is 0.391. The Balaban J connectivity index is 2.39. The van der Waals surface area contributed by atoms with Gasteiger partial charge in [0.2, 0.25) is 0 Å². The molecule has 4 nitrogen and oxygen atoms in total. The highest BCUT2D eigenvalue weighted by Crippen LogP contribution is 2.07. The largest absolute Gasteiger partial charge is 0.457 e. The van der Waals surface area contributed by atoms with Crippen LogP contribution in [0.4, 0.5) is 0 Å². The fourth-order valence-electron chi connectivity index (χ4n) is 1.19. The molecule has 0 bridgehead atoms. The Hall–Kier alpha value is -1.13. The van der Waals surface area contributed by atoms with E-state index in [-0.39, 0.29) is 0 Å². The van der Waals surface area contributed by atoms with E-state index in [1.807, 2.05) is 20.2 Å². The van der Waals surface area contributed by atoms with Gasteiger partial charge in [-0.15, -0.1) is 0 Å². The van der Waals surface area contributed by atoms with Gasteiger partial charge in [0.05, 0.1) is 6.54 Å². The van der Waals surface area contributed by atoms with Crippen LogP contribution >= 0.6 is 0 Å². The zero-order valence-electron chi connectivity index (χ0n) is 8.62. The molecule has 0 spiro atoms. The highest BCUT2D eigenvalue weighted by atomic mass is 16.3. The molecule has 0 aliphatic rings. The first-order valence-corrected chi connectivity index (χ1v) is 4.63. The molecule has 0 fully saturated rings. The van der Waals surface area contributed by atoms with Gasteiger partial charge in [-0.2, -0.15) is 0 Å². The Labute approximate surface area is 83.9 Å². The van der Waals surface area contributed by atoms with Crippen LogP contribution in [0.15, 0.2) is 16.5 Å². The predicted molar refractivity (Wildman–Crippen MR) is 54.4 cm³/mol. The van der Waals surface area contributed by atoms with Gasteiger partial charge in [-0.25, -0.2) is 0 Å². The molecular weight excluding hydrogens is 180 g/mol. The van der Waals surface area contributed by atoms with Crippen molar-refractivity contribution in [2.45, 2.75) is 6.54 Å². The zero-order valence-corrected chi connectivity index (χ0v) is 8.62. The number of rotatable bonds is 6. The average Bonchev–Trinajstić information content (AvgIpc) is 2.62. The molecule has 1 aromatic rings. The molecule has 0 saturated carbocycles. The Morgan fingerprint density at radius 2 is 2.36 bits per heavy atom. The fraction of sp³-hybridized carbons (Fsp3) is 0.500. The summed E-state index contributed by atoms with van der Waals surface area (Å²) in [5, 5.41) is 3.07. The Bertz CT molecular complexity index is 283. The summed E-state index contributed by atoms with van der Waals surface area (Å²) in [5.41, 5.74) is 0. The monoisotopic (exact) mass is 196 g/mol. The lowest BCUT2D eigenvalue weighted by atomic mass is 10.4. The maximum Gasteiger partial charge on any atom is 0.185 e. The van der Waals surface area contributed by atoms with Crippen molar-refractivity contribution in [3.8, 4) is 0 Å². The van der Waals surface area contributed by atoms with Gasteiger partial charge in [0.1, 0.15) is 5.76 Å². The molecule has 0 unspecified atom stereocenters. The standard InChI is InChI=1S/C10H16N2O2/c1-11-5-6-12(2)7-9-3-4-10(8-13)14-9/h3-4,8,11H,5-7H2,1-2H3. The lowest BCUT2D eigenvalue weighted by Gasteiger charge is -2.14. The topological polar surface area (TPSA) is 45.5 Å². The van der Waals surface area contributed by atoms with Gasteiger partial charge in [-0.1, -0.05) is 0 Å². The smallest absolute Gasteiger partial charge is 0.185 e. The normalized spacial score (nSPS) is 10.8. The summed E-state index contributed by atoms with van der Waals surface area (Å²) in [6.45, 7) is 2.63. The minimum Gasteiger partial charge on any atom is -0.457 e. The second-order valence-electron chi connectivity index (χ2n) is 3.26. The number of aldehydes is 1. The Kier molecular flexibility index (Phi) is 4.35. The van der Waals surface area contributed by atoms with Crippen LogP contribution in [0.5, 0.6) is 0 Å². The van der Waals surface area contributed by atoms with Crippen LogP contribution in [-0.4, -0.2) is 38.4 Å². The molecular formula is C10H16N2O2. The number of nitrogens with zero attached hydrogens (tertiary/aromatic N) is 1. The maximum atomic E-state index is 10.4. The molecule has 1 rings (SSSR count). The third kappa shape index (κ3) is 3.32. The van der Waals surface area contributed by atoms with Crippen molar-refractivity contribution in [3.63, 3.8) is 0 Å². The van der Waals surface area contributed by atoms with E-state index < -0.39 is 0 Å². The molecule has 1 aromatic heterocycles. The van der Waals surface area contributed by atoms with Gasteiger partial charge in [-0.3, -0.25) is 9.69 Å².